The number of nitrogens with zero attached hydrogens (tertiary/aromatic N) is 2. The fraction of sp³-hybridized carbons (Fsp3) is 0.333. The van der Waals surface area contributed by atoms with Crippen molar-refractivity contribution in [1.29, 1.82) is 0 Å². The van der Waals surface area contributed by atoms with Crippen LogP contribution in [0, 0.1) is 0 Å². The van der Waals surface area contributed by atoms with E-state index in [1.807, 2.05) is 17.5 Å². The molecule has 0 aromatic carbocycles. The Labute approximate surface area is 113 Å². The molecular weight excluding hydrogens is 300 g/mol. The summed E-state index contributed by atoms with van der Waals surface area (Å²) in [5.41, 5.74) is 0.681. The zero-order chi connectivity index (χ0) is 12.3. The molecule has 90 valence electrons. The van der Waals surface area contributed by atoms with Crippen LogP contribution in [0.25, 0.3) is 0 Å². The standard InChI is InChI=1S/C12H13BrN2OS/c1-2-5-15-12(10(13)8-14-15)11(16)7-9-4-3-6-17-9/h3-4,6,8H,2,5,7H2,1H3. The van der Waals surface area contributed by atoms with Crippen LogP contribution in [-0.4, -0.2) is 15.6 Å². The molecule has 0 spiro atoms. The van der Waals surface area contributed by atoms with Gasteiger partial charge in [0.1, 0.15) is 5.69 Å². The van der Waals surface area contributed by atoms with Crippen molar-refractivity contribution in [1.82, 2.24) is 9.78 Å². The molecule has 2 aromatic rings. The molecule has 0 radical (unpaired) electrons. The molecule has 17 heavy (non-hydrogen) atoms. The van der Waals surface area contributed by atoms with Crippen molar-refractivity contribution < 1.29 is 4.79 Å². The van der Waals surface area contributed by atoms with Crippen LogP contribution in [0.5, 0.6) is 0 Å². The molecule has 0 aliphatic rings. The van der Waals surface area contributed by atoms with Gasteiger partial charge in [0.05, 0.1) is 10.7 Å². The third-order valence-corrected chi connectivity index (χ3v) is 3.87. The van der Waals surface area contributed by atoms with E-state index >= 15 is 0 Å². The van der Waals surface area contributed by atoms with Crippen molar-refractivity contribution in [3.05, 3.63) is 38.8 Å². The van der Waals surface area contributed by atoms with Crippen LogP contribution in [0.4, 0.5) is 0 Å². The second-order valence-electron chi connectivity index (χ2n) is 3.74. The van der Waals surface area contributed by atoms with Crippen LogP contribution in [0.1, 0.15) is 28.7 Å². The maximum absolute atomic E-state index is 12.2. The summed E-state index contributed by atoms with van der Waals surface area (Å²) in [6.07, 6.45) is 3.11. The lowest BCUT2D eigenvalue weighted by atomic mass is 10.2. The first-order valence-corrected chi connectivity index (χ1v) is 7.16. The monoisotopic (exact) mass is 312 g/mol. The third kappa shape index (κ3) is 2.84. The Morgan fingerprint density at radius 1 is 1.59 bits per heavy atom. The molecule has 0 atom stereocenters. The van der Waals surface area contributed by atoms with E-state index in [-0.39, 0.29) is 5.78 Å². The minimum Gasteiger partial charge on any atom is -0.292 e. The van der Waals surface area contributed by atoms with Gasteiger partial charge in [-0.15, -0.1) is 11.3 Å². The Morgan fingerprint density at radius 3 is 3.06 bits per heavy atom. The zero-order valence-corrected chi connectivity index (χ0v) is 11.9. The summed E-state index contributed by atoms with van der Waals surface area (Å²) in [7, 11) is 0. The van der Waals surface area contributed by atoms with E-state index in [0.717, 1.165) is 22.3 Å². The first-order valence-electron chi connectivity index (χ1n) is 5.49. The normalized spacial score (nSPS) is 10.7. The van der Waals surface area contributed by atoms with Crippen LogP contribution in [-0.2, 0) is 13.0 Å². The largest absolute Gasteiger partial charge is 0.292 e. The number of carbonyl (C=O) groups is 1. The molecule has 0 aliphatic heterocycles. The number of halogens is 1. The number of ketones is 1. The van der Waals surface area contributed by atoms with Gasteiger partial charge in [0.2, 0.25) is 0 Å². The molecular formula is C12H13BrN2OS. The van der Waals surface area contributed by atoms with Gasteiger partial charge in [0, 0.05) is 17.8 Å². The second kappa shape index (κ2) is 5.60. The summed E-state index contributed by atoms with van der Waals surface area (Å²) >= 11 is 5.00. The zero-order valence-electron chi connectivity index (χ0n) is 9.52. The highest BCUT2D eigenvalue weighted by atomic mass is 79.9. The fourth-order valence-corrected chi connectivity index (χ4v) is 2.90. The summed E-state index contributed by atoms with van der Waals surface area (Å²) in [4.78, 5) is 13.3. The number of aromatic nitrogens is 2. The number of aryl methyl sites for hydroxylation is 1. The summed E-state index contributed by atoms with van der Waals surface area (Å²) in [6, 6.07) is 3.95. The van der Waals surface area contributed by atoms with Gasteiger partial charge in [-0.2, -0.15) is 5.10 Å². The highest BCUT2D eigenvalue weighted by Crippen LogP contribution is 2.20. The van der Waals surface area contributed by atoms with Crippen molar-refractivity contribution >= 4 is 33.0 Å². The molecule has 0 amide bonds. The van der Waals surface area contributed by atoms with Crippen molar-refractivity contribution in [3.63, 3.8) is 0 Å². The van der Waals surface area contributed by atoms with E-state index < -0.39 is 0 Å². The molecule has 0 aliphatic carbocycles. The minimum atomic E-state index is 0.116. The summed E-state index contributed by atoms with van der Waals surface area (Å²) in [5, 5.41) is 6.20. The maximum Gasteiger partial charge on any atom is 0.187 e. The van der Waals surface area contributed by atoms with Gasteiger partial charge in [0.15, 0.2) is 5.78 Å². The van der Waals surface area contributed by atoms with E-state index in [9.17, 15) is 4.79 Å². The predicted molar refractivity (Wildman–Crippen MR) is 72.6 cm³/mol. The molecule has 2 rings (SSSR count). The Morgan fingerprint density at radius 2 is 2.41 bits per heavy atom. The average molecular weight is 313 g/mol. The summed E-state index contributed by atoms with van der Waals surface area (Å²) in [6.45, 7) is 2.85. The number of hydrogen-bond acceptors (Lipinski definition) is 3. The Kier molecular flexibility index (Phi) is 4.12. The quantitative estimate of drug-likeness (QED) is 0.791. The number of carbonyl (C=O) groups excluding carboxylic acids is 1. The lowest BCUT2D eigenvalue weighted by molar-refractivity contribution is 0.0982. The van der Waals surface area contributed by atoms with E-state index in [4.69, 9.17) is 0 Å². The Balaban J connectivity index is 2.21. The lowest BCUT2D eigenvalue weighted by Gasteiger charge is -2.05. The second-order valence-corrected chi connectivity index (χ2v) is 5.63. The Hall–Kier alpha value is -0.940. The van der Waals surface area contributed by atoms with Crippen molar-refractivity contribution in [2.75, 3.05) is 0 Å². The number of rotatable bonds is 5. The molecule has 0 saturated carbocycles. The van der Waals surface area contributed by atoms with E-state index in [2.05, 4.69) is 28.0 Å². The van der Waals surface area contributed by atoms with Gasteiger partial charge in [-0.05, 0) is 33.8 Å². The van der Waals surface area contributed by atoms with E-state index in [0.29, 0.717) is 12.1 Å². The van der Waals surface area contributed by atoms with Crippen molar-refractivity contribution in [2.45, 2.75) is 26.3 Å². The highest BCUT2D eigenvalue weighted by molar-refractivity contribution is 9.10. The average Bonchev–Trinajstić information content (AvgIpc) is 2.89. The van der Waals surface area contributed by atoms with Crippen LogP contribution in [0.15, 0.2) is 28.2 Å². The van der Waals surface area contributed by atoms with Crippen LogP contribution >= 0.6 is 27.3 Å². The van der Waals surface area contributed by atoms with Gasteiger partial charge in [-0.25, -0.2) is 0 Å². The number of hydrogen-bond donors (Lipinski definition) is 0. The molecule has 0 unspecified atom stereocenters. The van der Waals surface area contributed by atoms with Gasteiger partial charge < -0.3 is 0 Å². The summed E-state index contributed by atoms with van der Waals surface area (Å²) < 4.78 is 2.56. The number of thiophene rings is 1. The molecule has 0 N–H and O–H groups in total. The van der Waals surface area contributed by atoms with E-state index in [1.54, 1.807) is 22.2 Å². The predicted octanol–water partition coefficient (Wildman–Crippen LogP) is 3.54. The topological polar surface area (TPSA) is 34.9 Å². The van der Waals surface area contributed by atoms with Gasteiger partial charge >= 0.3 is 0 Å². The van der Waals surface area contributed by atoms with Gasteiger partial charge in [-0.1, -0.05) is 13.0 Å². The van der Waals surface area contributed by atoms with Crippen LogP contribution in [0.2, 0.25) is 0 Å². The van der Waals surface area contributed by atoms with Crippen LogP contribution < -0.4 is 0 Å². The molecule has 0 saturated heterocycles. The van der Waals surface area contributed by atoms with E-state index in [1.165, 1.54) is 0 Å². The molecule has 0 bridgehead atoms. The van der Waals surface area contributed by atoms with Gasteiger partial charge in [0.25, 0.3) is 0 Å². The molecule has 5 heteroatoms. The first kappa shape index (κ1) is 12.5. The van der Waals surface area contributed by atoms with Crippen molar-refractivity contribution in [2.24, 2.45) is 0 Å². The van der Waals surface area contributed by atoms with Crippen molar-refractivity contribution in [3.8, 4) is 0 Å². The molecule has 2 heterocycles. The SMILES string of the molecule is CCCn1ncc(Br)c1C(=O)Cc1cccs1. The van der Waals surface area contributed by atoms with Crippen LogP contribution in [0.3, 0.4) is 0 Å². The number of Topliss-reactive ketones (excluding diaryl/α,β-unsaturated/α-hetero) is 1. The summed E-state index contributed by atoms with van der Waals surface area (Å²) in [5.74, 6) is 0.116. The lowest BCUT2D eigenvalue weighted by Crippen LogP contribution is -2.12. The Bertz CT molecular complexity index is 505. The molecule has 2 aromatic heterocycles. The molecule has 3 nitrogen and oxygen atoms in total. The fourth-order valence-electron chi connectivity index (χ4n) is 1.68. The van der Waals surface area contributed by atoms with Gasteiger partial charge in [-0.3, -0.25) is 9.48 Å². The first-order chi connectivity index (χ1) is 8.22. The third-order valence-electron chi connectivity index (χ3n) is 2.41. The minimum absolute atomic E-state index is 0.116. The highest BCUT2D eigenvalue weighted by Gasteiger charge is 2.17. The maximum atomic E-state index is 12.2. The smallest absolute Gasteiger partial charge is 0.187 e. The molecule has 0 fully saturated rings.